The van der Waals surface area contributed by atoms with Gasteiger partial charge in [0.1, 0.15) is 13.2 Å². The Kier molecular flexibility index (Phi) is 22.5. The van der Waals surface area contributed by atoms with Gasteiger partial charge >= 0.3 is 7.82 Å². The molecule has 0 aromatic carbocycles. The van der Waals surface area contributed by atoms with E-state index in [4.69, 9.17) is 9.05 Å². The topological polar surface area (TPSA) is 105 Å². The van der Waals surface area contributed by atoms with Crippen LogP contribution in [0.15, 0.2) is 12.2 Å². The summed E-state index contributed by atoms with van der Waals surface area (Å²) in [4.78, 5) is 21.4. The second-order valence-electron chi connectivity index (χ2n) is 11.6. The molecule has 3 N–H and O–H groups in total. The minimum absolute atomic E-state index is 0.0593. The van der Waals surface area contributed by atoms with Gasteiger partial charge in [-0.25, -0.2) is 4.57 Å². The second kappa shape index (κ2) is 23.0. The Bertz CT molecular complexity index is 653. The average Bonchev–Trinajstić information content (AvgIpc) is 2.82. The Morgan fingerprint density at radius 3 is 1.79 bits per heavy atom. The number of nitrogens with one attached hydrogen (secondary N) is 1. The van der Waals surface area contributed by atoms with Crippen LogP contribution in [-0.2, 0) is 18.4 Å². The number of hydrogen-bond acceptors (Lipinski definition) is 5. The highest BCUT2D eigenvalue weighted by Gasteiger charge is 2.27. The van der Waals surface area contributed by atoms with E-state index in [1.165, 1.54) is 90.4 Å². The molecule has 0 fully saturated rings. The third-order valence-corrected chi connectivity index (χ3v) is 7.53. The summed E-state index contributed by atoms with van der Waals surface area (Å²) in [5, 5.41) is 13.1. The summed E-state index contributed by atoms with van der Waals surface area (Å²) in [5.41, 5.74) is 0. The van der Waals surface area contributed by atoms with Crippen LogP contribution in [0.3, 0.4) is 0 Å². The number of unbranched alkanes of at least 4 members (excludes halogenated alkanes) is 15. The Morgan fingerprint density at radius 1 is 0.868 bits per heavy atom. The van der Waals surface area contributed by atoms with Gasteiger partial charge in [-0.05, 0) is 12.8 Å². The summed E-state index contributed by atoms with van der Waals surface area (Å²) >= 11 is 0. The van der Waals surface area contributed by atoms with Gasteiger partial charge in [-0.3, -0.25) is 13.8 Å². The van der Waals surface area contributed by atoms with Crippen LogP contribution in [0, 0.1) is 0 Å². The van der Waals surface area contributed by atoms with E-state index in [0.717, 1.165) is 19.3 Å². The predicted octanol–water partition coefficient (Wildman–Crippen LogP) is 6.51. The van der Waals surface area contributed by atoms with E-state index in [-0.39, 0.29) is 19.1 Å². The van der Waals surface area contributed by atoms with Crippen molar-refractivity contribution >= 4 is 13.7 Å². The number of aliphatic hydroxyl groups excluding tert-OH is 1. The van der Waals surface area contributed by atoms with Crippen molar-refractivity contribution < 1.29 is 32.9 Å². The van der Waals surface area contributed by atoms with Crippen molar-refractivity contribution in [3.8, 4) is 0 Å². The summed E-state index contributed by atoms with van der Waals surface area (Å²) in [6.45, 7) is 3.86. The number of quaternary nitrogens is 1. The second-order valence-corrected chi connectivity index (χ2v) is 13.0. The number of aliphatic hydroxyl groups is 1. The molecule has 0 aliphatic heterocycles. The van der Waals surface area contributed by atoms with Crippen LogP contribution in [0.2, 0.25) is 0 Å². The first-order chi connectivity index (χ1) is 18.0. The minimum atomic E-state index is -4.28. The lowest BCUT2D eigenvalue weighted by Gasteiger charge is -2.25. The number of carbonyl (C=O) groups excluding carboxylic acids is 1. The number of phosphoric ester groups is 1. The van der Waals surface area contributed by atoms with E-state index in [9.17, 15) is 19.4 Å². The molecular weight excluding hydrogens is 503 g/mol. The van der Waals surface area contributed by atoms with Gasteiger partial charge in [-0.2, -0.15) is 0 Å². The molecule has 9 heteroatoms. The fraction of sp³-hybridized carbons (Fsp3) is 0.897. The summed E-state index contributed by atoms with van der Waals surface area (Å²) < 4.78 is 22.7. The van der Waals surface area contributed by atoms with Crippen LogP contribution in [-0.4, -0.2) is 73.4 Å². The molecule has 38 heavy (non-hydrogen) atoms. The Hall–Kier alpha value is -0.760. The van der Waals surface area contributed by atoms with Gasteiger partial charge in [0.05, 0.1) is 39.9 Å². The van der Waals surface area contributed by atoms with Crippen LogP contribution < -0.4 is 5.32 Å². The third-order valence-electron chi connectivity index (χ3n) is 6.54. The van der Waals surface area contributed by atoms with Crippen LogP contribution in [0.1, 0.15) is 117 Å². The highest BCUT2D eigenvalue weighted by molar-refractivity contribution is 7.47. The number of nitrogens with zero attached hydrogens (tertiary/aromatic N) is 1. The Balaban J connectivity index is 3.98. The van der Waals surface area contributed by atoms with E-state index >= 15 is 0 Å². The summed E-state index contributed by atoms with van der Waals surface area (Å²) in [6, 6.07) is -0.840. The molecule has 0 saturated heterocycles. The minimum Gasteiger partial charge on any atom is -0.387 e. The number of likely N-dealkylation sites (N-methyl/N-ethyl adjacent to an activating group) is 1. The van der Waals surface area contributed by atoms with Crippen LogP contribution >= 0.6 is 7.82 Å². The highest BCUT2D eigenvalue weighted by Crippen LogP contribution is 2.43. The van der Waals surface area contributed by atoms with Crippen molar-refractivity contribution in [3.05, 3.63) is 12.2 Å². The largest absolute Gasteiger partial charge is 0.472 e. The lowest BCUT2D eigenvalue weighted by Crippen LogP contribution is -2.44. The maximum Gasteiger partial charge on any atom is 0.472 e. The van der Waals surface area contributed by atoms with Gasteiger partial charge in [0.25, 0.3) is 0 Å². The van der Waals surface area contributed by atoms with Gasteiger partial charge in [-0.1, -0.05) is 109 Å². The fourth-order valence-corrected chi connectivity index (χ4v) is 4.87. The number of allylic oxidation sites excluding steroid dienone is 1. The molecule has 0 aliphatic carbocycles. The van der Waals surface area contributed by atoms with Gasteiger partial charge in [0.2, 0.25) is 5.91 Å². The first-order valence-electron chi connectivity index (χ1n) is 15.0. The molecule has 0 aromatic rings. The molecule has 0 aromatic heterocycles. The molecule has 0 bridgehead atoms. The van der Waals surface area contributed by atoms with Crippen molar-refractivity contribution in [1.82, 2.24) is 5.32 Å². The fourth-order valence-electron chi connectivity index (χ4n) is 4.13. The van der Waals surface area contributed by atoms with Crippen LogP contribution in [0.4, 0.5) is 0 Å². The zero-order valence-electron chi connectivity index (χ0n) is 25.2. The van der Waals surface area contributed by atoms with Gasteiger partial charge in [0, 0.05) is 6.92 Å². The summed E-state index contributed by atoms with van der Waals surface area (Å²) in [6.07, 6.45) is 23.2. The number of carbonyl (C=O) groups is 1. The van der Waals surface area contributed by atoms with Crippen LogP contribution in [0.25, 0.3) is 0 Å². The summed E-state index contributed by atoms with van der Waals surface area (Å²) in [5.74, 6) is -0.354. The predicted molar refractivity (Wildman–Crippen MR) is 157 cm³/mol. The van der Waals surface area contributed by atoms with Crippen molar-refractivity contribution in [1.29, 1.82) is 0 Å². The molecule has 0 radical (unpaired) electrons. The van der Waals surface area contributed by atoms with E-state index in [2.05, 4.69) is 12.2 Å². The number of hydrogen-bond donors (Lipinski definition) is 3. The molecule has 0 rings (SSSR count). The highest BCUT2D eigenvalue weighted by atomic mass is 31.2. The lowest BCUT2D eigenvalue weighted by atomic mass is 10.0. The third kappa shape index (κ3) is 25.5. The number of amides is 1. The van der Waals surface area contributed by atoms with Crippen molar-refractivity contribution in [3.63, 3.8) is 0 Å². The molecular formula is C29H60N2O6P+. The average molecular weight is 564 g/mol. The maximum atomic E-state index is 12.1. The van der Waals surface area contributed by atoms with E-state index in [1.54, 1.807) is 6.08 Å². The molecule has 0 saturated carbocycles. The lowest BCUT2D eigenvalue weighted by molar-refractivity contribution is -0.870. The quantitative estimate of drug-likeness (QED) is 0.0480. The zero-order valence-corrected chi connectivity index (χ0v) is 26.1. The molecule has 8 nitrogen and oxygen atoms in total. The normalized spacial score (nSPS) is 15.4. The molecule has 3 atom stereocenters. The van der Waals surface area contributed by atoms with E-state index < -0.39 is 20.0 Å². The maximum absolute atomic E-state index is 12.1. The molecule has 0 aliphatic rings. The number of phosphoric acid groups is 1. The first-order valence-corrected chi connectivity index (χ1v) is 16.5. The molecule has 0 spiro atoms. The summed E-state index contributed by atoms with van der Waals surface area (Å²) in [7, 11) is 1.56. The molecule has 226 valence electrons. The molecule has 0 heterocycles. The number of rotatable bonds is 26. The smallest absolute Gasteiger partial charge is 0.387 e. The monoisotopic (exact) mass is 563 g/mol. The van der Waals surface area contributed by atoms with Crippen LogP contribution in [0.5, 0.6) is 0 Å². The Labute approximate surface area is 233 Å². The standard InChI is InChI=1S/C29H59N2O6P/c1-6-7-8-9-10-11-12-13-14-15-16-17-18-19-20-21-22-23-29(33)28(30-27(2)32)26-37-38(34,35)36-25-24-31(3,4)5/h22-23,28-29,33H,6-21,24-26H2,1-5H3,(H-,30,32,34,35)/p+1/b23-22+. The Morgan fingerprint density at radius 2 is 1.34 bits per heavy atom. The van der Waals surface area contributed by atoms with Gasteiger partial charge in [-0.15, -0.1) is 0 Å². The molecule has 3 unspecified atom stereocenters. The van der Waals surface area contributed by atoms with E-state index in [1.807, 2.05) is 27.2 Å². The first kappa shape index (κ1) is 37.2. The van der Waals surface area contributed by atoms with E-state index in [0.29, 0.717) is 11.0 Å². The SMILES string of the molecule is CCCCCCCCCCCCCCCCC/C=C/C(O)C(COP(=O)(O)OCC[N+](C)(C)C)NC(C)=O. The van der Waals surface area contributed by atoms with Gasteiger partial charge in [0.15, 0.2) is 0 Å². The van der Waals surface area contributed by atoms with Gasteiger partial charge < -0.3 is 19.8 Å². The van der Waals surface area contributed by atoms with Crippen molar-refractivity contribution in [2.75, 3.05) is 40.9 Å². The van der Waals surface area contributed by atoms with Crippen molar-refractivity contribution in [2.45, 2.75) is 129 Å². The zero-order chi connectivity index (χ0) is 28.7. The van der Waals surface area contributed by atoms with Crippen molar-refractivity contribution in [2.24, 2.45) is 0 Å². The molecule has 1 amide bonds.